The molecule has 1 aliphatic rings. The molecule has 0 atom stereocenters. The fraction of sp³-hybridized carbons (Fsp3) is 0.900. The average molecular weight is 251 g/mol. The third-order valence-electron chi connectivity index (χ3n) is 2.01. The fourth-order valence-corrected chi connectivity index (χ4v) is 1.40. The van der Waals surface area contributed by atoms with Crippen LogP contribution >= 0.6 is 0 Å². The monoisotopic (exact) mass is 249 g/mol. The minimum Gasteiger partial charge on any atom is -0.444 e. The predicted molar refractivity (Wildman–Crippen MR) is 51.7 cm³/mol. The van der Waals surface area contributed by atoms with E-state index in [9.17, 15) is 4.79 Å². The Kier molecular flexibility index (Phi) is 5.65. The van der Waals surface area contributed by atoms with Gasteiger partial charge in [0.15, 0.2) is 0 Å². The second kappa shape index (κ2) is 5.70. The SMILES string of the molecule is CC(C)(C)OC(=O)N1CCCCC1.[Zn]. The smallest absolute Gasteiger partial charge is 0.410 e. The van der Waals surface area contributed by atoms with Crippen molar-refractivity contribution in [2.45, 2.75) is 45.6 Å². The molecule has 0 unspecified atom stereocenters. The van der Waals surface area contributed by atoms with Gasteiger partial charge in [0, 0.05) is 32.6 Å². The van der Waals surface area contributed by atoms with Crippen LogP contribution in [0.5, 0.6) is 0 Å². The van der Waals surface area contributed by atoms with Gasteiger partial charge in [0.25, 0.3) is 0 Å². The minimum absolute atomic E-state index is 0. The van der Waals surface area contributed by atoms with Gasteiger partial charge in [-0.3, -0.25) is 0 Å². The molecule has 0 N–H and O–H groups in total. The van der Waals surface area contributed by atoms with Crippen LogP contribution in [0.25, 0.3) is 0 Å². The van der Waals surface area contributed by atoms with E-state index < -0.39 is 0 Å². The summed E-state index contributed by atoms with van der Waals surface area (Å²) in [4.78, 5) is 13.3. The van der Waals surface area contributed by atoms with Crippen LogP contribution in [0.3, 0.4) is 0 Å². The van der Waals surface area contributed by atoms with Crippen molar-refractivity contribution >= 4 is 6.09 Å². The van der Waals surface area contributed by atoms with Crippen molar-refractivity contribution in [2.75, 3.05) is 13.1 Å². The Morgan fingerprint density at radius 1 is 1.14 bits per heavy atom. The number of hydrogen-bond donors (Lipinski definition) is 0. The zero-order chi connectivity index (χ0) is 9.90. The van der Waals surface area contributed by atoms with Gasteiger partial charge in [-0.05, 0) is 40.0 Å². The topological polar surface area (TPSA) is 29.5 Å². The summed E-state index contributed by atoms with van der Waals surface area (Å²) >= 11 is 0. The number of likely N-dealkylation sites (tertiary alicyclic amines) is 1. The number of nitrogens with zero attached hydrogens (tertiary/aromatic N) is 1. The van der Waals surface area contributed by atoms with E-state index in [2.05, 4.69) is 0 Å². The first-order valence-corrected chi connectivity index (χ1v) is 4.97. The molecule has 4 heteroatoms. The Balaban J connectivity index is 0.00000169. The Hall–Kier alpha value is -0.107. The second-order valence-electron chi connectivity index (χ2n) is 4.53. The third-order valence-corrected chi connectivity index (χ3v) is 2.01. The van der Waals surface area contributed by atoms with Crippen LogP contribution in [0, 0.1) is 0 Å². The minimum atomic E-state index is -0.367. The Morgan fingerprint density at radius 2 is 1.64 bits per heavy atom. The van der Waals surface area contributed by atoms with Crippen molar-refractivity contribution < 1.29 is 29.0 Å². The molecule has 0 aromatic heterocycles. The van der Waals surface area contributed by atoms with E-state index in [4.69, 9.17) is 4.74 Å². The zero-order valence-corrected chi connectivity index (χ0v) is 12.5. The molecular formula is C10H19NO2Zn. The number of amides is 1. The van der Waals surface area contributed by atoms with Gasteiger partial charge in [0.05, 0.1) is 0 Å². The average Bonchev–Trinajstić information content (AvgIpc) is 2.03. The van der Waals surface area contributed by atoms with Gasteiger partial charge in [-0.25, -0.2) is 4.79 Å². The van der Waals surface area contributed by atoms with Gasteiger partial charge in [0.2, 0.25) is 0 Å². The largest absolute Gasteiger partial charge is 0.444 e. The van der Waals surface area contributed by atoms with E-state index >= 15 is 0 Å². The van der Waals surface area contributed by atoms with E-state index in [1.807, 2.05) is 20.8 Å². The maximum atomic E-state index is 11.5. The summed E-state index contributed by atoms with van der Waals surface area (Å²) in [7, 11) is 0. The van der Waals surface area contributed by atoms with Crippen molar-refractivity contribution in [3.63, 3.8) is 0 Å². The molecule has 3 nitrogen and oxygen atoms in total. The number of ether oxygens (including phenoxy) is 1. The van der Waals surface area contributed by atoms with E-state index in [0.717, 1.165) is 25.9 Å². The van der Waals surface area contributed by atoms with Crippen LogP contribution in [-0.4, -0.2) is 29.7 Å². The maximum Gasteiger partial charge on any atom is 0.410 e. The zero-order valence-electron chi connectivity index (χ0n) is 9.51. The van der Waals surface area contributed by atoms with Crippen molar-refractivity contribution in [1.29, 1.82) is 0 Å². The molecule has 0 saturated carbocycles. The standard InChI is InChI=1S/C10H19NO2.Zn/c1-10(2,3)13-9(12)11-7-5-4-6-8-11;/h4-8H2,1-3H3;. The molecule has 0 bridgehead atoms. The molecule has 1 fully saturated rings. The van der Waals surface area contributed by atoms with Gasteiger partial charge in [-0.2, -0.15) is 0 Å². The molecule has 0 aromatic rings. The molecule has 0 aromatic carbocycles. The quantitative estimate of drug-likeness (QED) is 0.618. The summed E-state index contributed by atoms with van der Waals surface area (Å²) in [5, 5.41) is 0. The molecule has 1 aliphatic heterocycles. The molecule has 0 radical (unpaired) electrons. The van der Waals surface area contributed by atoms with Gasteiger partial charge in [-0.15, -0.1) is 0 Å². The van der Waals surface area contributed by atoms with Crippen LogP contribution in [-0.2, 0) is 24.2 Å². The van der Waals surface area contributed by atoms with Crippen molar-refractivity contribution in [2.24, 2.45) is 0 Å². The first-order chi connectivity index (χ1) is 5.99. The first kappa shape index (κ1) is 13.9. The molecule has 14 heavy (non-hydrogen) atoms. The van der Waals surface area contributed by atoms with E-state index in [0.29, 0.717) is 0 Å². The summed E-state index contributed by atoms with van der Waals surface area (Å²) in [6.45, 7) is 7.41. The normalized spacial score (nSPS) is 17.2. The third kappa shape index (κ3) is 4.95. The van der Waals surface area contributed by atoms with Crippen molar-refractivity contribution in [3.05, 3.63) is 0 Å². The Bertz CT molecular complexity index is 183. The van der Waals surface area contributed by atoms with E-state index in [-0.39, 0.29) is 31.2 Å². The van der Waals surface area contributed by atoms with Crippen LogP contribution in [0.1, 0.15) is 40.0 Å². The summed E-state index contributed by atoms with van der Waals surface area (Å²) in [6.07, 6.45) is 3.30. The summed E-state index contributed by atoms with van der Waals surface area (Å²) in [5.74, 6) is 0. The number of rotatable bonds is 0. The molecule has 0 spiro atoms. The molecule has 1 heterocycles. The summed E-state index contributed by atoms with van der Waals surface area (Å²) in [6, 6.07) is 0. The van der Waals surface area contributed by atoms with Crippen LogP contribution < -0.4 is 0 Å². The summed E-state index contributed by atoms with van der Waals surface area (Å²) < 4.78 is 5.26. The molecular weight excluding hydrogens is 232 g/mol. The number of carbonyl (C=O) groups excluding carboxylic acids is 1. The molecule has 1 amide bonds. The van der Waals surface area contributed by atoms with Gasteiger partial charge in [0.1, 0.15) is 5.60 Å². The fourth-order valence-electron chi connectivity index (χ4n) is 1.40. The Morgan fingerprint density at radius 3 is 2.07 bits per heavy atom. The number of carbonyl (C=O) groups is 1. The van der Waals surface area contributed by atoms with Crippen molar-refractivity contribution in [1.82, 2.24) is 4.90 Å². The van der Waals surface area contributed by atoms with Crippen LogP contribution in [0.2, 0.25) is 0 Å². The molecule has 1 saturated heterocycles. The van der Waals surface area contributed by atoms with E-state index in [1.165, 1.54) is 6.42 Å². The van der Waals surface area contributed by atoms with Crippen molar-refractivity contribution in [3.8, 4) is 0 Å². The number of hydrogen-bond acceptors (Lipinski definition) is 2. The maximum absolute atomic E-state index is 11.5. The molecule has 78 valence electrons. The molecule has 0 aliphatic carbocycles. The van der Waals surface area contributed by atoms with E-state index in [1.54, 1.807) is 4.90 Å². The van der Waals surface area contributed by atoms with Crippen LogP contribution in [0.4, 0.5) is 4.79 Å². The number of piperidine rings is 1. The van der Waals surface area contributed by atoms with Gasteiger partial charge < -0.3 is 9.64 Å². The second-order valence-corrected chi connectivity index (χ2v) is 4.53. The van der Waals surface area contributed by atoms with Crippen LogP contribution in [0.15, 0.2) is 0 Å². The van der Waals surface area contributed by atoms with Gasteiger partial charge >= 0.3 is 6.09 Å². The Labute approximate surface area is 98.9 Å². The summed E-state index contributed by atoms with van der Waals surface area (Å²) in [5.41, 5.74) is -0.367. The first-order valence-electron chi connectivity index (χ1n) is 4.97. The predicted octanol–water partition coefficient (Wildman–Crippen LogP) is 2.40. The molecule has 1 rings (SSSR count). The van der Waals surface area contributed by atoms with Gasteiger partial charge in [-0.1, -0.05) is 0 Å².